The Labute approximate surface area is 188 Å². The number of hydrogen-bond acceptors (Lipinski definition) is 6. The zero-order valence-corrected chi connectivity index (χ0v) is 17.9. The van der Waals surface area contributed by atoms with Crippen molar-refractivity contribution in [2.45, 2.75) is 6.04 Å². The van der Waals surface area contributed by atoms with E-state index in [1.165, 1.54) is 23.3 Å². The number of amides is 1. The second kappa shape index (κ2) is 7.94. The zero-order chi connectivity index (χ0) is 22.2. The zero-order valence-electron chi connectivity index (χ0n) is 17.1. The second-order valence-electron chi connectivity index (χ2n) is 7.24. The molecule has 32 heavy (non-hydrogen) atoms. The van der Waals surface area contributed by atoms with E-state index in [1.54, 1.807) is 42.5 Å². The number of thiazole rings is 1. The Morgan fingerprint density at radius 1 is 0.969 bits per heavy atom. The van der Waals surface area contributed by atoms with Gasteiger partial charge in [0, 0.05) is 11.1 Å². The molecular weight excluding hydrogens is 424 g/mol. The maximum Gasteiger partial charge on any atom is 0.301 e. The molecule has 7 heteroatoms. The van der Waals surface area contributed by atoms with Crippen molar-refractivity contribution in [2.24, 2.45) is 0 Å². The van der Waals surface area contributed by atoms with Crippen LogP contribution >= 0.6 is 11.3 Å². The van der Waals surface area contributed by atoms with Gasteiger partial charge in [0.15, 0.2) is 5.13 Å². The van der Waals surface area contributed by atoms with Crippen molar-refractivity contribution in [3.63, 3.8) is 0 Å². The van der Waals surface area contributed by atoms with E-state index in [0.29, 0.717) is 22.0 Å². The van der Waals surface area contributed by atoms with Crippen LogP contribution in [0.5, 0.6) is 5.75 Å². The number of carbonyl (C=O) groups excluding carboxylic acids is 2. The molecule has 1 atom stereocenters. The van der Waals surface area contributed by atoms with Crippen LogP contribution in [-0.4, -0.2) is 28.9 Å². The van der Waals surface area contributed by atoms with Crippen LogP contribution in [-0.2, 0) is 9.59 Å². The van der Waals surface area contributed by atoms with Crippen LogP contribution in [0.15, 0.2) is 84.4 Å². The molecule has 3 aromatic carbocycles. The smallest absolute Gasteiger partial charge is 0.301 e. The standard InChI is InChI=1S/C25H18N2O4S/c1-31-18-13-7-5-11-16(18)21-20(22(28)15-9-3-2-4-10-15)23(29)24(30)27(21)25-26-17-12-6-8-14-19(17)32-25/h2-14,21,28H,1H3/b22-20-. The Balaban J connectivity index is 1.77. The number of aliphatic hydroxyl groups excluding tert-OH is 1. The number of benzene rings is 3. The van der Waals surface area contributed by atoms with E-state index in [9.17, 15) is 14.7 Å². The highest BCUT2D eigenvalue weighted by Gasteiger charge is 2.49. The van der Waals surface area contributed by atoms with E-state index >= 15 is 0 Å². The number of ether oxygens (including phenoxy) is 1. The lowest BCUT2D eigenvalue weighted by Crippen LogP contribution is -2.29. The minimum atomic E-state index is -0.882. The average Bonchev–Trinajstić information content (AvgIpc) is 3.37. The number of ketones is 1. The molecule has 1 unspecified atom stereocenters. The summed E-state index contributed by atoms with van der Waals surface area (Å²) >= 11 is 1.32. The van der Waals surface area contributed by atoms with Crippen LogP contribution < -0.4 is 9.64 Å². The molecule has 5 rings (SSSR count). The van der Waals surface area contributed by atoms with Crippen molar-refractivity contribution < 1.29 is 19.4 Å². The van der Waals surface area contributed by atoms with Gasteiger partial charge >= 0.3 is 5.91 Å². The number of carbonyl (C=O) groups is 2. The molecular formula is C25H18N2O4S. The van der Waals surface area contributed by atoms with E-state index in [-0.39, 0.29) is 11.3 Å². The first-order chi connectivity index (χ1) is 15.6. The molecule has 2 heterocycles. The number of fused-ring (bicyclic) bond motifs is 1. The normalized spacial score (nSPS) is 17.8. The third kappa shape index (κ3) is 3.14. The Morgan fingerprint density at radius 3 is 2.41 bits per heavy atom. The summed E-state index contributed by atoms with van der Waals surface area (Å²) in [5.41, 5.74) is 1.78. The summed E-state index contributed by atoms with van der Waals surface area (Å²) in [6.07, 6.45) is 0. The summed E-state index contributed by atoms with van der Waals surface area (Å²) in [7, 11) is 1.53. The van der Waals surface area contributed by atoms with Gasteiger partial charge in [0.2, 0.25) is 0 Å². The predicted octanol–water partition coefficient (Wildman–Crippen LogP) is 4.93. The molecule has 6 nitrogen and oxygen atoms in total. The molecule has 0 aliphatic carbocycles. The van der Waals surface area contributed by atoms with Gasteiger partial charge in [-0.2, -0.15) is 0 Å². The minimum Gasteiger partial charge on any atom is -0.507 e. The number of methoxy groups -OCH3 is 1. The Hall–Kier alpha value is -3.97. The maximum atomic E-state index is 13.3. The van der Waals surface area contributed by atoms with Crippen molar-refractivity contribution in [1.82, 2.24) is 4.98 Å². The van der Waals surface area contributed by atoms with E-state index < -0.39 is 17.7 Å². The number of rotatable bonds is 4. The number of anilines is 1. The van der Waals surface area contributed by atoms with Gasteiger partial charge in [0.05, 0.1) is 22.9 Å². The molecule has 1 aliphatic rings. The Kier molecular flexibility index (Phi) is 4.95. The summed E-state index contributed by atoms with van der Waals surface area (Å²) in [5, 5.41) is 11.5. The van der Waals surface area contributed by atoms with Gasteiger partial charge in [-0.25, -0.2) is 4.98 Å². The van der Waals surface area contributed by atoms with Crippen LogP contribution in [0.4, 0.5) is 5.13 Å². The highest BCUT2D eigenvalue weighted by atomic mass is 32.1. The number of aliphatic hydroxyl groups is 1. The second-order valence-corrected chi connectivity index (χ2v) is 8.25. The van der Waals surface area contributed by atoms with Crippen LogP contribution in [0.1, 0.15) is 17.2 Å². The van der Waals surface area contributed by atoms with Crippen molar-refractivity contribution >= 4 is 44.1 Å². The monoisotopic (exact) mass is 442 g/mol. The summed E-state index contributed by atoms with van der Waals surface area (Å²) in [6.45, 7) is 0. The average molecular weight is 442 g/mol. The molecule has 1 saturated heterocycles. The van der Waals surface area contributed by atoms with Crippen LogP contribution in [0.25, 0.3) is 16.0 Å². The van der Waals surface area contributed by atoms with Crippen molar-refractivity contribution in [3.05, 3.63) is 95.6 Å². The summed E-state index contributed by atoms with van der Waals surface area (Å²) in [4.78, 5) is 32.5. The first-order valence-corrected chi connectivity index (χ1v) is 10.8. The fourth-order valence-corrected chi connectivity index (χ4v) is 4.92. The number of aromatic nitrogens is 1. The molecule has 1 amide bonds. The van der Waals surface area contributed by atoms with Crippen LogP contribution in [0.2, 0.25) is 0 Å². The molecule has 1 aliphatic heterocycles. The quantitative estimate of drug-likeness (QED) is 0.275. The highest BCUT2D eigenvalue weighted by Crippen LogP contribution is 2.46. The Bertz CT molecular complexity index is 1340. The third-order valence-corrected chi connectivity index (χ3v) is 6.45. The molecule has 4 aromatic rings. The SMILES string of the molecule is COc1ccccc1C1/C(=C(/O)c2ccccc2)C(=O)C(=O)N1c1nc2ccccc2s1. The number of hydrogen-bond donors (Lipinski definition) is 1. The highest BCUT2D eigenvalue weighted by molar-refractivity contribution is 7.22. The predicted molar refractivity (Wildman–Crippen MR) is 124 cm³/mol. The van der Waals surface area contributed by atoms with E-state index in [0.717, 1.165) is 10.2 Å². The van der Waals surface area contributed by atoms with Crippen LogP contribution in [0.3, 0.4) is 0 Å². The lowest BCUT2D eigenvalue weighted by molar-refractivity contribution is -0.132. The first-order valence-electron chi connectivity index (χ1n) is 9.95. The van der Waals surface area contributed by atoms with Gasteiger partial charge in [0.25, 0.3) is 5.78 Å². The molecule has 1 N–H and O–H groups in total. The first kappa shape index (κ1) is 20.0. The molecule has 1 fully saturated rings. The third-order valence-electron chi connectivity index (χ3n) is 5.41. The molecule has 1 aromatic heterocycles. The Morgan fingerprint density at radius 2 is 1.66 bits per heavy atom. The van der Waals surface area contributed by atoms with Crippen molar-refractivity contribution in [3.8, 4) is 5.75 Å². The van der Waals surface area contributed by atoms with E-state index in [2.05, 4.69) is 4.98 Å². The summed E-state index contributed by atoms with van der Waals surface area (Å²) in [6, 6.07) is 22.5. The van der Waals surface area contributed by atoms with Crippen molar-refractivity contribution in [2.75, 3.05) is 12.0 Å². The lowest BCUT2D eigenvalue weighted by atomic mass is 9.95. The number of para-hydroxylation sites is 2. The van der Waals surface area contributed by atoms with Crippen LogP contribution in [0, 0.1) is 0 Å². The maximum absolute atomic E-state index is 13.3. The minimum absolute atomic E-state index is 0.00459. The van der Waals surface area contributed by atoms with Gasteiger partial charge in [-0.15, -0.1) is 0 Å². The fraction of sp³-hybridized carbons (Fsp3) is 0.0800. The van der Waals surface area contributed by atoms with E-state index in [4.69, 9.17) is 4.74 Å². The number of nitrogens with zero attached hydrogens (tertiary/aromatic N) is 2. The van der Waals surface area contributed by atoms with Gasteiger partial charge < -0.3 is 9.84 Å². The largest absolute Gasteiger partial charge is 0.507 e. The topological polar surface area (TPSA) is 79.7 Å². The molecule has 0 spiro atoms. The van der Waals surface area contributed by atoms with Gasteiger partial charge in [-0.3, -0.25) is 14.5 Å². The summed E-state index contributed by atoms with van der Waals surface area (Å²) in [5.74, 6) is -1.23. The molecule has 0 saturated carbocycles. The molecule has 0 radical (unpaired) electrons. The molecule has 0 bridgehead atoms. The van der Waals surface area contributed by atoms with Gasteiger partial charge in [-0.05, 0) is 18.2 Å². The van der Waals surface area contributed by atoms with Gasteiger partial charge in [-0.1, -0.05) is 72.0 Å². The molecule has 158 valence electrons. The number of Topliss-reactive ketones (excluding diaryl/α,β-unsaturated/α-hetero) is 1. The lowest BCUT2D eigenvalue weighted by Gasteiger charge is -2.24. The van der Waals surface area contributed by atoms with Crippen molar-refractivity contribution in [1.29, 1.82) is 0 Å². The fourth-order valence-electron chi connectivity index (χ4n) is 3.93. The summed E-state index contributed by atoms with van der Waals surface area (Å²) < 4.78 is 6.43. The van der Waals surface area contributed by atoms with E-state index in [1.807, 2.05) is 36.4 Å². The van der Waals surface area contributed by atoms with Gasteiger partial charge in [0.1, 0.15) is 17.6 Å².